The van der Waals surface area contributed by atoms with Crippen molar-refractivity contribution in [2.75, 3.05) is 23.4 Å². The second-order valence-corrected chi connectivity index (χ2v) is 7.58. The number of anilines is 4. The van der Waals surface area contributed by atoms with E-state index in [1.807, 2.05) is 48.7 Å². The molecule has 2 aromatic carbocycles. The second-order valence-electron chi connectivity index (χ2n) is 7.10. The molecular weight excluding hydrogens is 410 g/mol. The van der Waals surface area contributed by atoms with Gasteiger partial charge in [0.25, 0.3) is 0 Å². The van der Waals surface area contributed by atoms with Gasteiger partial charge in [0.15, 0.2) is 0 Å². The Labute approximate surface area is 185 Å². The molecule has 0 spiro atoms. The fraction of sp³-hybridized carbons (Fsp3) is 0.227. The van der Waals surface area contributed by atoms with E-state index < -0.39 is 0 Å². The van der Waals surface area contributed by atoms with Gasteiger partial charge in [0.1, 0.15) is 5.82 Å². The standard InChI is InChI=1S/C22H25N7OS/c23-13-15-6-7-16(12-20(15)31)26-22-24-9-8-21(27-22)29(10-1-2-11-30)19-5-3-4-18-17(19)14-25-28-18/h3-9,12,14,30-31H,1-2,10-11,13,23H2,(H,25,28)(H,24,26,27). The summed E-state index contributed by atoms with van der Waals surface area (Å²) in [4.78, 5) is 12.1. The van der Waals surface area contributed by atoms with E-state index in [9.17, 15) is 5.11 Å². The Morgan fingerprint density at radius 3 is 2.87 bits per heavy atom. The molecule has 0 radical (unpaired) electrons. The first kappa shape index (κ1) is 21.1. The van der Waals surface area contributed by atoms with Crippen LogP contribution in [0, 0.1) is 0 Å². The molecule has 0 aliphatic carbocycles. The van der Waals surface area contributed by atoms with Gasteiger partial charge in [0.2, 0.25) is 5.95 Å². The Bertz CT molecular complexity index is 1160. The van der Waals surface area contributed by atoms with Gasteiger partial charge in [-0.3, -0.25) is 5.10 Å². The smallest absolute Gasteiger partial charge is 0.229 e. The molecule has 4 aromatic rings. The van der Waals surface area contributed by atoms with Gasteiger partial charge in [-0.2, -0.15) is 10.1 Å². The van der Waals surface area contributed by atoms with Crippen LogP contribution >= 0.6 is 12.6 Å². The third kappa shape index (κ3) is 4.79. The third-order valence-electron chi connectivity index (χ3n) is 5.02. The van der Waals surface area contributed by atoms with Gasteiger partial charge in [-0.15, -0.1) is 12.6 Å². The molecule has 5 N–H and O–H groups in total. The first-order valence-corrected chi connectivity index (χ1v) is 10.6. The Balaban J connectivity index is 1.66. The molecule has 0 atom stereocenters. The monoisotopic (exact) mass is 435 g/mol. The van der Waals surface area contributed by atoms with E-state index in [1.54, 1.807) is 6.20 Å². The summed E-state index contributed by atoms with van der Waals surface area (Å²) in [6, 6.07) is 13.7. The fourth-order valence-corrected chi connectivity index (χ4v) is 3.74. The van der Waals surface area contributed by atoms with Crippen LogP contribution in [-0.2, 0) is 6.54 Å². The lowest BCUT2D eigenvalue weighted by Gasteiger charge is -2.25. The Morgan fingerprint density at radius 1 is 1.16 bits per heavy atom. The molecule has 0 bridgehead atoms. The first-order chi connectivity index (χ1) is 15.2. The number of aromatic amines is 1. The number of H-pyrrole nitrogens is 1. The molecular formula is C22H25N7OS. The minimum absolute atomic E-state index is 0.158. The summed E-state index contributed by atoms with van der Waals surface area (Å²) in [6.45, 7) is 1.30. The van der Waals surface area contributed by atoms with E-state index in [1.165, 1.54) is 0 Å². The van der Waals surface area contributed by atoms with Crippen LogP contribution in [0.3, 0.4) is 0 Å². The molecule has 31 heavy (non-hydrogen) atoms. The van der Waals surface area contributed by atoms with Gasteiger partial charge in [-0.1, -0.05) is 12.1 Å². The number of aliphatic hydroxyl groups is 1. The van der Waals surface area contributed by atoms with Crippen LogP contribution in [0.5, 0.6) is 0 Å². The number of aromatic nitrogens is 4. The maximum Gasteiger partial charge on any atom is 0.229 e. The average molecular weight is 436 g/mol. The summed E-state index contributed by atoms with van der Waals surface area (Å²) in [5, 5.41) is 20.7. The zero-order valence-corrected chi connectivity index (χ0v) is 17.9. The summed E-state index contributed by atoms with van der Waals surface area (Å²) in [5.41, 5.74) is 9.49. The van der Waals surface area contributed by atoms with Gasteiger partial charge in [0.05, 0.1) is 17.4 Å². The number of hydrogen-bond acceptors (Lipinski definition) is 8. The number of aliphatic hydroxyl groups excluding tert-OH is 1. The van der Waals surface area contributed by atoms with Crippen molar-refractivity contribution in [2.45, 2.75) is 24.3 Å². The lowest BCUT2D eigenvalue weighted by molar-refractivity contribution is 0.285. The highest BCUT2D eigenvalue weighted by molar-refractivity contribution is 7.80. The number of nitrogens with zero attached hydrogens (tertiary/aromatic N) is 4. The summed E-state index contributed by atoms with van der Waals surface area (Å²) < 4.78 is 0. The Hall–Kier alpha value is -3.14. The van der Waals surface area contributed by atoms with Crippen molar-refractivity contribution in [1.82, 2.24) is 20.2 Å². The molecule has 2 heterocycles. The third-order valence-corrected chi connectivity index (χ3v) is 5.44. The van der Waals surface area contributed by atoms with Crippen LogP contribution in [0.25, 0.3) is 10.9 Å². The first-order valence-electron chi connectivity index (χ1n) is 10.1. The molecule has 0 saturated heterocycles. The number of nitrogens with one attached hydrogen (secondary N) is 2. The highest BCUT2D eigenvalue weighted by atomic mass is 32.1. The maximum atomic E-state index is 9.24. The van der Waals surface area contributed by atoms with Crippen molar-refractivity contribution in [3.05, 3.63) is 60.4 Å². The zero-order chi connectivity index (χ0) is 21.6. The SMILES string of the molecule is NCc1ccc(Nc2nccc(N(CCCCO)c3cccc4[nH]ncc34)n2)cc1S. The van der Waals surface area contributed by atoms with Crippen LogP contribution in [0.2, 0.25) is 0 Å². The predicted molar refractivity (Wildman–Crippen MR) is 126 cm³/mol. The van der Waals surface area contributed by atoms with Gasteiger partial charge >= 0.3 is 0 Å². The van der Waals surface area contributed by atoms with Crippen LogP contribution in [-0.4, -0.2) is 38.4 Å². The average Bonchev–Trinajstić information content (AvgIpc) is 3.26. The normalized spacial score (nSPS) is 11.1. The van der Waals surface area contributed by atoms with Crippen LogP contribution in [0.1, 0.15) is 18.4 Å². The van der Waals surface area contributed by atoms with Gasteiger partial charge in [-0.05, 0) is 48.7 Å². The number of thiol groups is 1. The Kier molecular flexibility index (Phi) is 6.66. The van der Waals surface area contributed by atoms with E-state index in [2.05, 4.69) is 38.0 Å². The zero-order valence-electron chi connectivity index (χ0n) is 17.0. The summed E-state index contributed by atoms with van der Waals surface area (Å²) in [6.07, 6.45) is 5.08. The summed E-state index contributed by atoms with van der Waals surface area (Å²) >= 11 is 4.49. The minimum atomic E-state index is 0.158. The second kappa shape index (κ2) is 9.78. The van der Waals surface area contributed by atoms with Crippen molar-refractivity contribution >= 4 is 46.7 Å². The molecule has 0 aliphatic heterocycles. The minimum Gasteiger partial charge on any atom is -0.396 e. The molecule has 0 amide bonds. The highest BCUT2D eigenvalue weighted by Gasteiger charge is 2.15. The number of hydrogen-bond donors (Lipinski definition) is 5. The highest BCUT2D eigenvalue weighted by Crippen LogP contribution is 2.31. The number of fused-ring (bicyclic) bond motifs is 1. The lowest BCUT2D eigenvalue weighted by atomic mass is 10.2. The van der Waals surface area contributed by atoms with E-state index in [0.717, 1.165) is 45.0 Å². The summed E-state index contributed by atoms with van der Waals surface area (Å²) in [7, 11) is 0. The van der Waals surface area contributed by atoms with Gasteiger partial charge in [0, 0.05) is 41.9 Å². The van der Waals surface area contributed by atoms with Gasteiger partial charge < -0.3 is 21.1 Å². The molecule has 9 heteroatoms. The van der Waals surface area contributed by atoms with Crippen molar-refractivity contribution in [3.8, 4) is 0 Å². The van der Waals surface area contributed by atoms with E-state index in [4.69, 9.17) is 10.7 Å². The number of unbranched alkanes of at least 4 members (excludes halogenated alkanes) is 1. The largest absolute Gasteiger partial charge is 0.396 e. The van der Waals surface area contributed by atoms with Crippen LogP contribution in [0.15, 0.2) is 59.8 Å². The molecule has 8 nitrogen and oxygen atoms in total. The van der Waals surface area contributed by atoms with Crippen molar-refractivity contribution in [3.63, 3.8) is 0 Å². The number of rotatable bonds is 9. The molecule has 0 aliphatic rings. The molecule has 2 aromatic heterocycles. The predicted octanol–water partition coefficient (Wildman–Crippen LogP) is 3.75. The van der Waals surface area contributed by atoms with E-state index >= 15 is 0 Å². The Morgan fingerprint density at radius 2 is 2.06 bits per heavy atom. The molecule has 0 unspecified atom stereocenters. The fourth-order valence-electron chi connectivity index (χ4n) is 3.43. The topological polar surface area (TPSA) is 116 Å². The maximum absolute atomic E-state index is 9.24. The van der Waals surface area contributed by atoms with Crippen LogP contribution in [0.4, 0.5) is 23.1 Å². The molecule has 0 fully saturated rings. The molecule has 4 rings (SSSR count). The van der Waals surface area contributed by atoms with E-state index in [0.29, 0.717) is 25.5 Å². The number of nitrogens with two attached hydrogens (primary N) is 1. The van der Waals surface area contributed by atoms with Gasteiger partial charge in [-0.25, -0.2) is 4.98 Å². The van der Waals surface area contributed by atoms with Crippen LogP contribution < -0.4 is 16.0 Å². The molecule has 160 valence electrons. The van der Waals surface area contributed by atoms with Crippen molar-refractivity contribution in [1.29, 1.82) is 0 Å². The van der Waals surface area contributed by atoms with Crippen molar-refractivity contribution < 1.29 is 5.11 Å². The van der Waals surface area contributed by atoms with E-state index in [-0.39, 0.29) is 6.61 Å². The number of benzene rings is 2. The summed E-state index contributed by atoms with van der Waals surface area (Å²) in [5.74, 6) is 1.24. The van der Waals surface area contributed by atoms with Crippen molar-refractivity contribution in [2.24, 2.45) is 5.73 Å². The quantitative estimate of drug-likeness (QED) is 0.201. The lowest BCUT2D eigenvalue weighted by Crippen LogP contribution is -2.20. The molecule has 0 saturated carbocycles.